The molecule has 0 aliphatic heterocycles. The number of benzene rings is 2. The van der Waals surface area contributed by atoms with Crippen LogP contribution in [-0.4, -0.2) is 26.1 Å². The Kier molecular flexibility index (Phi) is 7.52. The summed E-state index contributed by atoms with van der Waals surface area (Å²) in [7, 11) is -3.68. The highest BCUT2D eigenvalue weighted by molar-refractivity contribution is 7.99. The van der Waals surface area contributed by atoms with Gasteiger partial charge >= 0.3 is 0 Å². The molecule has 0 saturated heterocycles. The monoisotopic (exact) mass is 412 g/mol. The number of rotatable bonds is 8. The lowest BCUT2D eigenvalue weighted by molar-refractivity contribution is -0.120. The Bertz CT molecular complexity index is 838. The van der Waals surface area contributed by atoms with Crippen LogP contribution in [0.1, 0.15) is 18.1 Å². The molecule has 0 aromatic heterocycles. The number of primary sulfonamides is 1. The summed E-state index contributed by atoms with van der Waals surface area (Å²) in [6.07, 6.45) is 0.616. The molecule has 0 spiro atoms. The fraction of sp³-hybridized carbons (Fsp3) is 0.278. The Morgan fingerprint density at radius 2 is 1.69 bits per heavy atom. The van der Waals surface area contributed by atoms with Crippen LogP contribution < -0.4 is 10.5 Å². The lowest BCUT2D eigenvalue weighted by Crippen LogP contribution is -2.32. The summed E-state index contributed by atoms with van der Waals surface area (Å²) in [6.45, 7) is 2.36. The van der Waals surface area contributed by atoms with E-state index in [1.165, 1.54) is 12.1 Å². The van der Waals surface area contributed by atoms with Crippen molar-refractivity contribution in [1.82, 2.24) is 5.32 Å². The van der Waals surface area contributed by atoms with Crippen molar-refractivity contribution in [1.29, 1.82) is 0 Å². The van der Waals surface area contributed by atoms with E-state index in [1.54, 1.807) is 23.9 Å². The van der Waals surface area contributed by atoms with E-state index in [2.05, 4.69) is 5.32 Å². The number of hydrogen-bond donors (Lipinski definition) is 2. The maximum Gasteiger partial charge on any atom is 0.238 e. The van der Waals surface area contributed by atoms with Gasteiger partial charge < -0.3 is 5.32 Å². The molecule has 0 saturated carbocycles. The van der Waals surface area contributed by atoms with E-state index < -0.39 is 10.0 Å². The number of nitrogens with one attached hydrogen (secondary N) is 1. The van der Waals surface area contributed by atoms with Crippen molar-refractivity contribution in [3.63, 3.8) is 0 Å². The van der Waals surface area contributed by atoms with Gasteiger partial charge in [-0.05, 0) is 48.7 Å². The molecule has 0 aliphatic carbocycles. The number of carbonyl (C=O) groups is 1. The fourth-order valence-corrected chi connectivity index (χ4v) is 3.71. The topological polar surface area (TPSA) is 89.3 Å². The van der Waals surface area contributed by atoms with Gasteiger partial charge in [-0.1, -0.05) is 35.9 Å². The summed E-state index contributed by atoms with van der Waals surface area (Å²) in [5.74, 6) is 0.714. The standard InChI is InChI=1S/C18H21ClN2O3S2/c1-13(25-12-15-2-6-16(19)7-3-15)18(22)21-11-10-14-4-8-17(9-5-14)26(20,23)24/h2-9,13H,10-12H2,1H3,(H,21,22)(H2,20,23,24)/t13-/m0/s1. The van der Waals surface area contributed by atoms with Gasteiger partial charge in [-0.3, -0.25) is 4.79 Å². The minimum atomic E-state index is -3.68. The predicted molar refractivity (Wildman–Crippen MR) is 107 cm³/mol. The molecule has 0 heterocycles. The van der Waals surface area contributed by atoms with E-state index >= 15 is 0 Å². The summed E-state index contributed by atoms with van der Waals surface area (Å²) >= 11 is 7.42. The van der Waals surface area contributed by atoms with Crippen LogP contribution in [-0.2, 0) is 27.0 Å². The molecule has 0 fully saturated rings. The summed E-state index contributed by atoms with van der Waals surface area (Å²) in [5, 5.41) is 8.49. The molecule has 2 rings (SSSR count). The van der Waals surface area contributed by atoms with Gasteiger partial charge in [-0.2, -0.15) is 0 Å². The van der Waals surface area contributed by atoms with Crippen LogP contribution in [0.15, 0.2) is 53.4 Å². The van der Waals surface area contributed by atoms with Gasteiger partial charge in [0.1, 0.15) is 0 Å². The van der Waals surface area contributed by atoms with Crippen LogP contribution >= 0.6 is 23.4 Å². The maximum absolute atomic E-state index is 12.1. The second-order valence-corrected chi connectivity index (χ2v) is 9.14. The number of hydrogen-bond acceptors (Lipinski definition) is 4. The largest absolute Gasteiger partial charge is 0.355 e. The SMILES string of the molecule is C[C@H](SCc1ccc(Cl)cc1)C(=O)NCCc1ccc(S(N)(=O)=O)cc1. The van der Waals surface area contributed by atoms with Gasteiger partial charge in [0.25, 0.3) is 0 Å². The van der Waals surface area contributed by atoms with E-state index in [1.807, 2.05) is 31.2 Å². The van der Waals surface area contributed by atoms with Crippen molar-refractivity contribution >= 4 is 39.3 Å². The van der Waals surface area contributed by atoms with E-state index in [0.717, 1.165) is 16.9 Å². The normalized spacial score (nSPS) is 12.6. The molecule has 0 unspecified atom stereocenters. The van der Waals surface area contributed by atoms with Crippen LogP contribution in [0, 0.1) is 0 Å². The molecule has 140 valence electrons. The summed E-state index contributed by atoms with van der Waals surface area (Å²) in [5.41, 5.74) is 2.05. The number of halogens is 1. The fourth-order valence-electron chi connectivity index (χ4n) is 2.20. The van der Waals surface area contributed by atoms with E-state index in [4.69, 9.17) is 16.7 Å². The van der Waals surface area contributed by atoms with Gasteiger partial charge in [0, 0.05) is 17.3 Å². The lowest BCUT2D eigenvalue weighted by atomic mass is 10.1. The number of carbonyl (C=O) groups excluding carboxylic acids is 1. The summed E-state index contributed by atoms with van der Waals surface area (Å²) < 4.78 is 22.4. The van der Waals surface area contributed by atoms with E-state index in [0.29, 0.717) is 18.0 Å². The number of nitrogens with two attached hydrogens (primary N) is 1. The maximum atomic E-state index is 12.1. The van der Waals surface area contributed by atoms with Crippen molar-refractivity contribution in [3.05, 3.63) is 64.7 Å². The molecule has 1 amide bonds. The van der Waals surface area contributed by atoms with Crippen LogP contribution in [0.25, 0.3) is 0 Å². The van der Waals surface area contributed by atoms with Crippen molar-refractivity contribution in [2.24, 2.45) is 5.14 Å². The summed E-state index contributed by atoms with van der Waals surface area (Å²) in [6, 6.07) is 13.9. The Morgan fingerprint density at radius 1 is 1.12 bits per heavy atom. The first kappa shape index (κ1) is 20.8. The smallest absolute Gasteiger partial charge is 0.238 e. The van der Waals surface area contributed by atoms with Gasteiger partial charge in [-0.15, -0.1) is 11.8 Å². The average Bonchev–Trinajstić information content (AvgIpc) is 2.60. The number of thioether (sulfide) groups is 1. The third-order valence-corrected chi connectivity index (χ3v) is 6.14. The Morgan fingerprint density at radius 3 is 2.27 bits per heavy atom. The molecule has 0 bridgehead atoms. The molecule has 0 aliphatic rings. The predicted octanol–water partition coefficient (Wildman–Crippen LogP) is 2.97. The number of sulfonamides is 1. The van der Waals surface area contributed by atoms with Crippen LogP contribution in [0.3, 0.4) is 0 Å². The second-order valence-electron chi connectivity index (χ2n) is 5.81. The Hall–Kier alpha value is -1.54. The van der Waals surface area contributed by atoms with E-state index in [-0.39, 0.29) is 16.1 Å². The quantitative estimate of drug-likeness (QED) is 0.697. The molecule has 5 nitrogen and oxygen atoms in total. The van der Waals surface area contributed by atoms with Crippen molar-refractivity contribution in [2.75, 3.05) is 6.54 Å². The molecule has 0 radical (unpaired) electrons. The first-order valence-corrected chi connectivity index (χ1v) is 11.0. The van der Waals surface area contributed by atoms with Gasteiger partial charge in [0.15, 0.2) is 0 Å². The molecule has 2 aromatic rings. The molecule has 8 heteroatoms. The van der Waals surface area contributed by atoms with Gasteiger partial charge in [0.2, 0.25) is 15.9 Å². The van der Waals surface area contributed by atoms with Gasteiger partial charge in [-0.25, -0.2) is 13.6 Å². The van der Waals surface area contributed by atoms with E-state index in [9.17, 15) is 13.2 Å². The molecular formula is C18H21ClN2O3S2. The average molecular weight is 413 g/mol. The highest BCUT2D eigenvalue weighted by Gasteiger charge is 2.13. The van der Waals surface area contributed by atoms with Crippen LogP contribution in [0.4, 0.5) is 0 Å². The summed E-state index contributed by atoms with van der Waals surface area (Å²) in [4.78, 5) is 12.2. The third-order valence-electron chi connectivity index (χ3n) is 3.75. The minimum Gasteiger partial charge on any atom is -0.355 e. The molecule has 26 heavy (non-hydrogen) atoms. The Labute approximate surface area is 163 Å². The number of amides is 1. The third kappa shape index (κ3) is 6.64. The first-order chi connectivity index (χ1) is 12.3. The lowest BCUT2D eigenvalue weighted by Gasteiger charge is -2.12. The molecule has 2 aromatic carbocycles. The van der Waals surface area contributed by atoms with Crippen molar-refractivity contribution in [3.8, 4) is 0 Å². The van der Waals surface area contributed by atoms with Crippen LogP contribution in [0.5, 0.6) is 0 Å². The van der Waals surface area contributed by atoms with Crippen LogP contribution in [0.2, 0.25) is 5.02 Å². The van der Waals surface area contributed by atoms with Gasteiger partial charge in [0.05, 0.1) is 10.1 Å². The highest BCUT2D eigenvalue weighted by Crippen LogP contribution is 2.19. The van der Waals surface area contributed by atoms with Crippen molar-refractivity contribution in [2.45, 2.75) is 29.2 Å². The highest BCUT2D eigenvalue weighted by atomic mass is 35.5. The first-order valence-electron chi connectivity index (χ1n) is 8.01. The zero-order valence-electron chi connectivity index (χ0n) is 14.3. The molecular weight excluding hydrogens is 392 g/mol. The zero-order chi connectivity index (χ0) is 19.2. The molecule has 1 atom stereocenters. The molecule has 3 N–H and O–H groups in total. The Balaban J connectivity index is 1.74. The van der Waals surface area contributed by atoms with Crippen molar-refractivity contribution < 1.29 is 13.2 Å². The minimum absolute atomic E-state index is 0.0230. The zero-order valence-corrected chi connectivity index (χ0v) is 16.7. The second kappa shape index (κ2) is 9.41.